The van der Waals surface area contributed by atoms with Crippen molar-refractivity contribution in [2.24, 2.45) is 0 Å². The number of hydrogen-bond donors (Lipinski definition) is 2. The fraction of sp³-hybridized carbons (Fsp3) is 0.200. The number of nitrogens with one attached hydrogen (secondary N) is 2. The predicted octanol–water partition coefficient (Wildman–Crippen LogP) is 4.19. The van der Waals surface area contributed by atoms with Gasteiger partial charge in [0.15, 0.2) is 0 Å². The summed E-state index contributed by atoms with van der Waals surface area (Å²) in [5.74, 6) is -0.248. The van der Waals surface area contributed by atoms with E-state index in [-0.39, 0.29) is 18.2 Å². The van der Waals surface area contributed by atoms with Gasteiger partial charge in [0, 0.05) is 29.2 Å². The first kappa shape index (κ1) is 16.8. The van der Waals surface area contributed by atoms with E-state index < -0.39 is 0 Å². The van der Waals surface area contributed by atoms with Crippen molar-refractivity contribution in [3.8, 4) is 0 Å². The number of carbonyl (C=O) groups is 2. The molecule has 0 fully saturated rings. The molecule has 0 saturated heterocycles. The highest BCUT2D eigenvalue weighted by Crippen LogP contribution is 2.27. The van der Waals surface area contributed by atoms with Gasteiger partial charge in [-0.15, -0.1) is 0 Å². The van der Waals surface area contributed by atoms with Crippen LogP contribution >= 0.6 is 0 Å². The molecule has 2 amide bonds. The van der Waals surface area contributed by atoms with Gasteiger partial charge in [0.2, 0.25) is 11.8 Å². The van der Waals surface area contributed by atoms with E-state index in [1.807, 2.05) is 26.0 Å². The molecule has 1 heterocycles. The molecule has 5 heteroatoms. The zero-order chi connectivity index (χ0) is 18.0. The van der Waals surface area contributed by atoms with E-state index in [1.165, 1.54) is 6.92 Å². The lowest BCUT2D eigenvalue weighted by atomic mass is 10.0. The summed E-state index contributed by atoms with van der Waals surface area (Å²) in [4.78, 5) is 23.3. The van der Waals surface area contributed by atoms with Crippen molar-refractivity contribution in [1.29, 1.82) is 0 Å². The molecule has 3 aromatic rings. The van der Waals surface area contributed by atoms with Gasteiger partial charge in [-0.05, 0) is 49.2 Å². The van der Waals surface area contributed by atoms with Gasteiger partial charge >= 0.3 is 0 Å². The van der Waals surface area contributed by atoms with Crippen LogP contribution in [0.4, 0.5) is 11.4 Å². The lowest BCUT2D eigenvalue weighted by molar-refractivity contribution is -0.116. The summed E-state index contributed by atoms with van der Waals surface area (Å²) in [6.07, 6.45) is 1.89. The summed E-state index contributed by atoms with van der Waals surface area (Å²) in [5.41, 5.74) is 5.33. The first-order valence-corrected chi connectivity index (χ1v) is 8.08. The van der Waals surface area contributed by atoms with Crippen molar-refractivity contribution in [2.45, 2.75) is 27.2 Å². The van der Waals surface area contributed by atoms with Crippen molar-refractivity contribution >= 4 is 34.2 Å². The molecule has 0 aliphatic rings. The Bertz CT molecular complexity index is 939. The van der Waals surface area contributed by atoms with Crippen LogP contribution in [-0.4, -0.2) is 11.8 Å². The second kappa shape index (κ2) is 6.81. The molecular weight excluding hydrogens is 316 g/mol. The van der Waals surface area contributed by atoms with E-state index >= 15 is 0 Å². The molecule has 2 aromatic carbocycles. The molecule has 128 valence electrons. The average Bonchev–Trinajstić information content (AvgIpc) is 2.96. The number of fused-ring (bicyclic) bond motifs is 1. The minimum absolute atomic E-state index is 0.117. The fourth-order valence-corrected chi connectivity index (χ4v) is 2.74. The first-order valence-electron chi connectivity index (χ1n) is 8.08. The summed E-state index contributed by atoms with van der Waals surface area (Å²) in [7, 11) is 0. The van der Waals surface area contributed by atoms with Crippen LogP contribution < -0.4 is 10.6 Å². The molecule has 3 rings (SSSR count). The maximum absolute atomic E-state index is 12.3. The Balaban J connectivity index is 1.71. The topological polar surface area (TPSA) is 71.3 Å². The third-order valence-electron chi connectivity index (χ3n) is 4.18. The fourth-order valence-electron chi connectivity index (χ4n) is 2.74. The lowest BCUT2D eigenvalue weighted by Gasteiger charge is -2.07. The maximum Gasteiger partial charge on any atom is 0.228 e. The Morgan fingerprint density at radius 3 is 2.24 bits per heavy atom. The van der Waals surface area contributed by atoms with E-state index in [1.54, 1.807) is 30.5 Å². The Hall–Kier alpha value is -3.08. The minimum Gasteiger partial charge on any atom is -0.464 e. The summed E-state index contributed by atoms with van der Waals surface area (Å²) in [5, 5.41) is 6.52. The van der Waals surface area contributed by atoms with Crippen LogP contribution in [0.1, 0.15) is 23.6 Å². The van der Waals surface area contributed by atoms with Crippen LogP contribution in [0.15, 0.2) is 47.1 Å². The smallest absolute Gasteiger partial charge is 0.228 e. The van der Waals surface area contributed by atoms with Crippen LogP contribution in [0.3, 0.4) is 0 Å². The molecule has 0 bridgehead atoms. The van der Waals surface area contributed by atoms with Crippen molar-refractivity contribution < 1.29 is 14.0 Å². The summed E-state index contributed by atoms with van der Waals surface area (Å²) < 4.78 is 5.64. The normalized spacial score (nSPS) is 10.7. The van der Waals surface area contributed by atoms with Crippen molar-refractivity contribution in [3.63, 3.8) is 0 Å². The molecule has 0 spiro atoms. The molecule has 1 aromatic heterocycles. The highest BCUT2D eigenvalue weighted by atomic mass is 16.3. The Kier molecular flexibility index (Phi) is 4.57. The van der Waals surface area contributed by atoms with E-state index in [9.17, 15) is 9.59 Å². The second-order valence-electron chi connectivity index (χ2n) is 6.13. The van der Waals surface area contributed by atoms with Gasteiger partial charge in [-0.3, -0.25) is 9.59 Å². The van der Waals surface area contributed by atoms with E-state index in [0.29, 0.717) is 11.4 Å². The third kappa shape index (κ3) is 3.71. The Morgan fingerprint density at radius 1 is 0.960 bits per heavy atom. The zero-order valence-electron chi connectivity index (χ0n) is 14.5. The van der Waals surface area contributed by atoms with Gasteiger partial charge in [-0.2, -0.15) is 0 Å². The number of anilines is 2. The zero-order valence-corrected chi connectivity index (χ0v) is 14.5. The summed E-state index contributed by atoms with van der Waals surface area (Å²) in [6, 6.07) is 11.0. The van der Waals surface area contributed by atoms with Gasteiger partial charge in [0.25, 0.3) is 0 Å². The number of benzene rings is 2. The van der Waals surface area contributed by atoms with Crippen LogP contribution in [0.5, 0.6) is 0 Å². The highest BCUT2D eigenvalue weighted by Gasteiger charge is 2.13. The van der Waals surface area contributed by atoms with Gasteiger partial charge in [0.1, 0.15) is 5.58 Å². The molecule has 0 aliphatic heterocycles. The molecule has 5 nitrogen and oxygen atoms in total. The van der Waals surface area contributed by atoms with Crippen molar-refractivity contribution in [1.82, 2.24) is 0 Å². The monoisotopic (exact) mass is 336 g/mol. The lowest BCUT2D eigenvalue weighted by Crippen LogP contribution is -2.14. The molecule has 0 saturated carbocycles. The number of carbonyl (C=O) groups excluding carboxylic acids is 2. The maximum atomic E-state index is 12.3. The Morgan fingerprint density at radius 2 is 1.60 bits per heavy atom. The van der Waals surface area contributed by atoms with Crippen LogP contribution in [0, 0.1) is 13.8 Å². The molecule has 0 aliphatic carbocycles. The molecular formula is C20H20N2O3. The van der Waals surface area contributed by atoms with Crippen LogP contribution in [-0.2, 0) is 16.0 Å². The minimum atomic E-state index is -0.130. The largest absolute Gasteiger partial charge is 0.464 e. The SMILES string of the molecule is CC(=O)Nc1ccc(NC(=O)Cc2coc3c(C)c(C)ccc23)cc1. The van der Waals surface area contributed by atoms with Crippen molar-refractivity contribution in [3.05, 3.63) is 59.4 Å². The van der Waals surface area contributed by atoms with Gasteiger partial charge in [-0.25, -0.2) is 0 Å². The van der Waals surface area contributed by atoms with Gasteiger partial charge < -0.3 is 15.1 Å². The van der Waals surface area contributed by atoms with E-state index in [4.69, 9.17) is 4.42 Å². The summed E-state index contributed by atoms with van der Waals surface area (Å²) in [6.45, 7) is 5.50. The molecule has 25 heavy (non-hydrogen) atoms. The highest BCUT2D eigenvalue weighted by molar-refractivity contribution is 5.96. The Labute approximate surface area is 146 Å². The van der Waals surface area contributed by atoms with Gasteiger partial charge in [-0.1, -0.05) is 12.1 Å². The second-order valence-corrected chi connectivity index (χ2v) is 6.13. The van der Waals surface area contributed by atoms with Crippen molar-refractivity contribution in [2.75, 3.05) is 10.6 Å². The predicted molar refractivity (Wildman–Crippen MR) is 98.8 cm³/mol. The van der Waals surface area contributed by atoms with Crippen LogP contribution in [0.2, 0.25) is 0 Å². The van der Waals surface area contributed by atoms with E-state index in [0.717, 1.165) is 27.7 Å². The quantitative estimate of drug-likeness (QED) is 0.750. The number of hydrogen-bond acceptors (Lipinski definition) is 3. The third-order valence-corrected chi connectivity index (χ3v) is 4.18. The number of aryl methyl sites for hydroxylation is 2. The van der Waals surface area contributed by atoms with Gasteiger partial charge in [0.05, 0.1) is 12.7 Å². The number of rotatable bonds is 4. The molecule has 0 radical (unpaired) electrons. The standard InChI is InChI=1S/C20H20N2O3/c1-12-4-9-18-15(11-25-20(18)13(12)2)10-19(24)22-17-7-5-16(6-8-17)21-14(3)23/h4-9,11H,10H2,1-3H3,(H,21,23)(H,22,24). The van der Waals surface area contributed by atoms with Crippen LogP contribution in [0.25, 0.3) is 11.0 Å². The number of furan rings is 1. The average molecular weight is 336 g/mol. The number of amides is 2. The molecule has 2 N–H and O–H groups in total. The summed E-state index contributed by atoms with van der Waals surface area (Å²) >= 11 is 0. The molecule has 0 atom stereocenters. The molecule has 0 unspecified atom stereocenters. The first-order chi connectivity index (χ1) is 11.9. The van der Waals surface area contributed by atoms with E-state index in [2.05, 4.69) is 10.6 Å².